The predicted molar refractivity (Wildman–Crippen MR) is 61.9 cm³/mol. The Labute approximate surface area is 99.0 Å². The normalized spacial score (nSPS) is 10.0. The number of carbonyl (C=O) groups excluding carboxylic acids is 2. The van der Waals surface area contributed by atoms with Crippen LogP contribution < -0.4 is 10.9 Å². The number of hydrogen-bond donors (Lipinski definition) is 2. The van der Waals surface area contributed by atoms with Gasteiger partial charge in [-0.05, 0) is 24.3 Å². The van der Waals surface area contributed by atoms with Gasteiger partial charge in [-0.3, -0.25) is 20.4 Å². The van der Waals surface area contributed by atoms with Gasteiger partial charge in [-0.2, -0.15) is 0 Å². The second-order valence-electron chi connectivity index (χ2n) is 3.60. The number of rotatable bonds is 2. The molecule has 4 nitrogen and oxygen atoms in total. The van der Waals surface area contributed by atoms with Gasteiger partial charge in [0.25, 0.3) is 5.91 Å². The van der Waals surface area contributed by atoms with E-state index < -0.39 is 0 Å². The van der Waals surface area contributed by atoms with Crippen molar-refractivity contribution in [1.29, 1.82) is 0 Å². The molecule has 1 aromatic carbocycles. The third kappa shape index (κ3) is 3.55. The number of carbonyl (C=O) groups is 2. The second kappa shape index (κ2) is 5.51. The molecule has 0 heterocycles. The highest BCUT2D eigenvalue weighted by Gasteiger charge is 2.09. The quantitative estimate of drug-likeness (QED) is 0.774. The molecule has 2 amide bonds. The van der Waals surface area contributed by atoms with Gasteiger partial charge in [-0.25, -0.2) is 0 Å². The number of benzene rings is 1. The van der Waals surface area contributed by atoms with Crippen LogP contribution in [0.1, 0.15) is 24.2 Å². The van der Waals surface area contributed by atoms with E-state index in [9.17, 15) is 9.59 Å². The summed E-state index contributed by atoms with van der Waals surface area (Å²) < 4.78 is 0. The average molecular weight is 241 g/mol. The van der Waals surface area contributed by atoms with Crippen molar-refractivity contribution >= 4 is 23.4 Å². The number of amides is 2. The van der Waals surface area contributed by atoms with Gasteiger partial charge in [0.1, 0.15) is 0 Å². The molecule has 5 heteroatoms. The maximum absolute atomic E-state index is 11.5. The first-order valence-electron chi connectivity index (χ1n) is 4.86. The van der Waals surface area contributed by atoms with Crippen molar-refractivity contribution in [2.45, 2.75) is 13.8 Å². The molecule has 0 saturated heterocycles. The standard InChI is InChI=1S/C11H13ClN2O2/c1-7(2)10(15)13-14-11(16)8-3-5-9(12)6-4-8/h3-7H,1-2H3,(H,13,15)(H,14,16). The molecule has 0 saturated carbocycles. The molecule has 0 bridgehead atoms. The van der Waals surface area contributed by atoms with E-state index in [1.165, 1.54) is 0 Å². The molecular formula is C11H13ClN2O2. The van der Waals surface area contributed by atoms with Crippen LogP contribution in [0.5, 0.6) is 0 Å². The van der Waals surface area contributed by atoms with Crippen molar-refractivity contribution in [1.82, 2.24) is 10.9 Å². The van der Waals surface area contributed by atoms with E-state index in [4.69, 9.17) is 11.6 Å². The minimum Gasteiger partial charge on any atom is -0.273 e. The van der Waals surface area contributed by atoms with Crippen LogP contribution in [0.25, 0.3) is 0 Å². The van der Waals surface area contributed by atoms with Crippen molar-refractivity contribution < 1.29 is 9.59 Å². The lowest BCUT2D eigenvalue weighted by Gasteiger charge is -2.09. The first kappa shape index (κ1) is 12.5. The third-order valence-electron chi connectivity index (χ3n) is 1.93. The first-order valence-corrected chi connectivity index (χ1v) is 5.24. The summed E-state index contributed by atoms with van der Waals surface area (Å²) in [6, 6.07) is 6.39. The van der Waals surface area contributed by atoms with Gasteiger partial charge < -0.3 is 0 Å². The summed E-state index contributed by atoms with van der Waals surface area (Å²) in [7, 11) is 0. The summed E-state index contributed by atoms with van der Waals surface area (Å²) in [5.41, 5.74) is 5.08. The molecule has 0 atom stereocenters. The van der Waals surface area contributed by atoms with Gasteiger partial charge in [0.05, 0.1) is 0 Å². The van der Waals surface area contributed by atoms with Crippen LogP contribution in [0.4, 0.5) is 0 Å². The number of hydrazine groups is 1. The smallest absolute Gasteiger partial charge is 0.269 e. The molecule has 1 rings (SSSR count). The Kier molecular flexibility index (Phi) is 4.31. The molecule has 0 unspecified atom stereocenters. The minimum absolute atomic E-state index is 0.175. The van der Waals surface area contributed by atoms with Crippen LogP contribution in [0.3, 0.4) is 0 Å². The van der Waals surface area contributed by atoms with Crippen molar-refractivity contribution in [3.8, 4) is 0 Å². The summed E-state index contributed by atoms with van der Waals surface area (Å²) in [5.74, 6) is -0.779. The van der Waals surface area contributed by atoms with E-state index in [0.717, 1.165) is 0 Å². The van der Waals surface area contributed by atoms with E-state index >= 15 is 0 Å². The van der Waals surface area contributed by atoms with Crippen LogP contribution >= 0.6 is 11.6 Å². The van der Waals surface area contributed by atoms with Gasteiger partial charge in [0, 0.05) is 16.5 Å². The zero-order chi connectivity index (χ0) is 12.1. The number of halogens is 1. The van der Waals surface area contributed by atoms with Crippen LogP contribution in [-0.4, -0.2) is 11.8 Å². The topological polar surface area (TPSA) is 58.2 Å². The van der Waals surface area contributed by atoms with Crippen LogP contribution in [0.2, 0.25) is 5.02 Å². The molecular weight excluding hydrogens is 228 g/mol. The molecule has 16 heavy (non-hydrogen) atoms. The number of nitrogens with one attached hydrogen (secondary N) is 2. The van der Waals surface area contributed by atoms with Crippen LogP contribution in [0, 0.1) is 5.92 Å². The molecule has 0 aliphatic rings. The first-order chi connectivity index (χ1) is 7.50. The maximum atomic E-state index is 11.5. The van der Waals surface area contributed by atoms with Crippen molar-refractivity contribution in [3.63, 3.8) is 0 Å². The minimum atomic E-state index is -0.370. The summed E-state index contributed by atoms with van der Waals surface area (Å²) >= 11 is 5.68. The maximum Gasteiger partial charge on any atom is 0.269 e. The zero-order valence-corrected chi connectivity index (χ0v) is 9.84. The van der Waals surface area contributed by atoms with E-state index in [-0.39, 0.29) is 17.7 Å². The van der Waals surface area contributed by atoms with Crippen molar-refractivity contribution in [2.24, 2.45) is 5.92 Å². The summed E-state index contributed by atoms with van der Waals surface area (Å²) in [4.78, 5) is 22.7. The van der Waals surface area contributed by atoms with Gasteiger partial charge in [-0.15, -0.1) is 0 Å². The van der Waals surface area contributed by atoms with Crippen molar-refractivity contribution in [2.75, 3.05) is 0 Å². The molecule has 0 aromatic heterocycles. The largest absolute Gasteiger partial charge is 0.273 e. The summed E-state index contributed by atoms with van der Waals surface area (Å²) in [6.45, 7) is 3.48. The fourth-order valence-electron chi connectivity index (χ4n) is 0.936. The SMILES string of the molecule is CC(C)C(=O)NNC(=O)c1ccc(Cl)cc1. The van der Waals surface area contributed by atoms with E-state index in [1.54, 1.807) is 38.1 Å². The Morgan fingerprint density at radius 3 is 2.19 bits per heavy atom. The highest BCUT2D eigenvalue weighted by Crippen LogP contribution is 2.08. The van der Waals surface area contributed by atoms with E-state index in [2.05, 4.69) is 10.9 Å². The third-order valence-corrected chi connectivity index (χ3v) is 2.18. The van der Waals surface area contributed by atoms with Gasteiger partial charge in [0.2, 0.25) is 5.91 Å². The Hall–Kier alpha value is -1.55. The Balaban J connectivity index is 2.53. The van der Waals surface area contributed by atoms with Crippen LogP contribution in [0.15, 0.2) is 24.3 Å². The second-order valence-corrected chi connectivity index (χ2v) is 4.04. The molecule has 86 valence electrons. The van der Waals surface area contributed by atoms with E-state index in [0.29, 0.717) is 10.6 Å². The monoisotopic (exact) mass is 240 g/mol. The number of hydrogen-bond acceptors (Lipinski definition) is 2. The molecule has 0 aliphatic carbocycles. The van der Waals surface area contributed by atoms with Crippen molar-refractivity contribution in [3.05, 3.63) is 34.9 Å². The Morgan fingerprint density at radius 2 is 1.69 bits per heavy atom. The lowest BCUT2D eigenvalue weighted by molar-refractivity contribution is -0.124. The molecule has 2 N–H and O–H groups in total. The molecule has 1 aromatic rings. The van der Waals surface area contributed by atoms with Gasteiger partial charge >= 0.3 is 0 Å². The highest BCUT2D eigenvalue weighted by molar-refractivity contribution is 6.30. The summed E-state index contributed by atoms with van der Waals surface area (Å²) in [6.07, 6.45) is 0. The lowest BCUT2D eigenvalue weighted by atomic mass is 10.2. The van der Waals surface area contributed by atoms with Crippen LogP contribution in [-0.2, 0) is 4.79 Å². The Morgan fingerprint density at radius 1 is 1.12 bits per heavy atom. The molecule has 0 aliphatic heterocycles. The van der Waals surface area contributed by atoms with E-state index in [1.807, 2.05) is 0 Å². The highest BCUT2D eigenvalue weighted by atomic mass is 35.5. The fraction of sp³-hybridized carbons (Fsp3) is 0.273. The molecule has 0 fully saturated rings. The fourth-order valence-corrected chi connectivity index (χ4v) is 1.06. The predicted octanol–water partition coefficient (Wildman–Crippen LogP) is 1.76. The Bertz CT molecular complexity index is 387. The average Bonchev–Trinajstić information content (AvgIpc) is 2.26. The van der Waals surface area contributed by atoms with Gasteiger partial charge in [0.15, 0.2) is 0 Å². The lowest BCUT2D eigenvalue weighted by Crippen LogP contribution is -2.43. The molecule has 0 spiro atoms. The van der Waals surface area contributed by atoms with Gasteiger partial charge in [-0.1, -0.05) is 25.4 Å². The molecule has 0 radical (unpaired) electrons. The summed E-state index contributed by atoms with van der Waals surface area (Å²) in [5, 5.41) is 0.558. The zero-order valence-electron chi connectivity index (χ0n) is 9.08.